The summed E-state index contributed by atoms with van der Waals surface area (Å²) in [4.78, 5) is 2.44. The summed E-state index contributed by atoms with van der Waals surface area (Å²) in [5.41, 5.74) is 0. The SMILES string of the molecule is CCOCCN(CCC[Si](C)(C)OC)CCOCC. The van der Waals surface area contributed by atoms with Gasteiger partial charge in [0.2, 0.25) is 0 Å². The van der Waals surface area contributed by atoms with Crippen LogP contribution in [0.3, 0.4) is 0 Å². The summed E-state index contributed by atoms with van der Waals surface area (Å²) in [5, 5.41) is 0. The smallest absolute Gasteiger partial charge is 0.186 e. The third kappa shape index (κ3) is 11.6. The van der Waals surface area contributed by atoms with E-state index in [0.29, 0.717) is 0 Å². The molecule has 0 rings (SSSR count). The van der Waals surface area contributed by atoms with Gasteiger partial charge in [0, 0.05) is 33.4 Å². The minimum absolute atomic E-state index is 0.795. The van der Waals surface area contributed by atoms with Crippen LogP contribution in [0.5, 0.6) is 0 Å². The fourth-order valence-corrected chi connectivity index (χ4v) is 3.06. The molecule has 0 saturated heterocycles. The molecular weight excluding hydrogens is 258 g/mol. The quantitative estimate of drug-likeness (QED) is 0.385. The van der Waals surface area contributed by atoms with Gasteiger partial charge < -0.3 is 13.9 Å². The van der Waals surface area contributed by atoms with Crippen molar-refractivity contribution in [1.29, 1.82) is 0 Å². The average Bonchev–Trinajstić information content (AvgIpc) is 2.38. The lowest BCUT2D eigenvalue weighted by molar-refractivity contribution is 0.0828. The first-order valence-corrected chi connectivity index (χ1v) is 10.6. The molecule has 0 aliphatic rings. The van der Waals surface area contributed by atoms with Gasteiger partial charge in [-0.3, -0.25) is 4.90 Å². The van der Waals surface area contributed by atoms with Gasteiger partial charge in [-0.2, -0.15) is 0 Å². The monoisotopic (exact) mass is 291 g/mol. The van der Waals surface area contributed by atoms with Gasteiger partial charge in [0.25, 0.3) is 0 Å². The normalized spacial score (nSPS) is 12.3. The zero-order chi connectivity index (χ0) is 14.6. The zero-order valence-corrected chi connectivity index (χ0v) is 14.5. The van der Waals surface area contributed by atoms with Crippen molar-refractivity contribution < 1.29 is 13.9 Å². The van der Waals surface area contributed by atoms with Crippen molar-refractivity contribution in [1.82, 2.24) is 4.90 Å². The van der Waals surface area contributed by atoms with E-state index in [-0.39, 0.29) is 0 Å². The number of rotatable bonds is 13. The van der Waals surface area contributed by atoms with Crippen molar-refractivity contribution in [3.63, 3.8) is 0 Å². The maximum atomic E-state index is 5.59. The van der Waals surface area contributed by atoms with E-state index in [1.807, 2.05) is 21.0 Å². The van der Waals surface area contributed by atoms with E-state index >= 15 is 0 Å². The highest BCUT2D eigenvalue weighted by Gasteiger charge is 2.20. The highest BCUT2D eigenvalue weighted by Crippen LogP contribution is 2.12. The van der Waals surface area contributed by atoms with Gasteiger partial charge in [0.15, 0.2) is 8.32 Å². The first-order chi connectivity index (χ1) is 9.05. The second kappa shape index (κ2) is 11.8. The Kier molecular flexibility index (Phi) is 11.9. The Morgan fingerprint density at radius 1 is 0.895 bits per heavy atom. The largest absolute Gasteiger partial charge is 0.420 e. The Bertz CT molecular complexity index is 193. The van der Waals surface area contributed by atoms with Crippen LogP contribution in [0, 0.1) is 0 Å². The third-order valence-electron chi connectivity index (χ3n) is 3.32. The molecule has 0 radical (unpaired) electrons. The first-order valence-electron chi connectivity index (χ1n) is 7.48. The summed E-state index contributed by atoms with van der Waals surface area (Å²) < 4.78 is 16.5. The van der Waals surface area contributed by atoms with Crippen molar-refractivity contribution in [3.8, 4) is 0 Å². The van der Waals surface area contributed by atoms with Gasteiger partial charge in [-0.1, -0.05) is 0 Å². The standard InChI is InChI=1S/C14H33NO3Si/c1-6-17-12-10-15(11-13-18-7-2)9-8-14-19(4,5)16-3/h6-14H2,1-5H3. The number of hydrogen-bond acceptors (Lipinski definition) is 4. The summed E-state index contributed by atoms with van der Waals surface area (Å²) in [5.74, 6) is 0. The second-order valence-electron chi connectivity index (χ2n) is 5.30. The second-order valence-corrected chi connectivity index (χ2v) is 9.73. The Morgan fingerprint density at radius 2 is 1.42 bits per heavy atom. The highest BCUT2D eigenvalue weighted by molar-refractivity contribution is 6.71. The van der Waals surface area contributed by atoms with Crippen LogP contribution >= 0.6 is 0 Å². The Labute approximate surface area is 120 Å². The van der Waals surface area contributed by atoms with Gasteiger partial charge >= 0.3 is 0 Å². The van der Waals surface area contributed by atoms with Crippen LogP contribution in [-0.2, 0) is 13.9 Å². The van der Waals surface area contributed by atoms with Crippen molar-refractivity contribution in [3.05, 3.63) is 0 Å². The highest BCUT2D eigenvalue weighted by atomic mass is 28.4. The van der Waals surface area contributed by atoms with Crippen molar-refractivity contribution in [2.75, 3.05) is 53.2 Å². The molecule has 0 aromatic heterocycles. The van der Waals surface area contributed by atoms with Gasteiger partial charge in [-0.05, 0) is 46.0 Å². The van der Waals surface area contributed by atoms with Crippen LogP contribution in [0.25, 0.3) is 0 Å². The molecule has 0 fully saturated rings. The lowest BCUT2D eigenvalue weighted by atomic mass is 10.4. The van der Waals surface area contributed by atoms with E-state index < -0.39 is 8.32 Å². The van der Waals surface area contributed by atoms with E-state index in [2.05, 4.69) is 18.0 Å². The van der Waals surface area contributed by atoms with Gasteiger partial charge in [-0.15, -0.1) is 0 Å². The molecule has 0 amide bonds. The minimum Gasteiger partial charge on any atom is -0.420 e. The lowest BCUT2D eigenvalue weighted by Gasteiger charge is -2.25. The summed E-state index contributed by atoms with van der Waals surface area (Å²) in [6.07, 6.45) is 1.20. The first kappa shape index (κ1) is 19.1. The van der Waals surface area contributed by atoms with Gasteiger partial charge in [0.1, 0.15) is 0 Å². The van der Waals surface area contributed by atoms with Crippen LogP contribution < -0.4 is 0 Å². The lowest BCUT2D eigenvalue weighted by Crippen LogP contribution is -2.34. The summed E-state index contributed by atoms with van der Waals surface area (Å²) in [6.45, 7) is 14.9. The molecule has 0 aromatic rings. The van der Waals surface area contributed by atoms with E-state index in [1.54, 1.807) is 0 Å². The summed E-state index contributed by atoms with van der Waals surface area (Å²) >= 11 is 0. The molecule has 0 unspecified atom stereocenters. The van der Waals surface area contributed by atoms with Crippen LogP contribution in [-0.4, -0.2) is 66.4 Å². The average molecular weight is 292 g/mol. The van der Waals surface area contributed by atoms with E-state index in [0.717, 1.165) is 46.1 Å². The minimum atomic E-state index is -1.41. The van der Waals surface area contributed by atoms with Crippen molar-refractivity contribution >= 4 is 8.32 Å². The molecule has 19 heavy (non-hydrogen) atoms. The Hall–Kier alpha value is 0.0569. The van der Waals surface area contributed by atoms with Crippen LogP contribution in [0.4, 0.5) is 0 Å². The predicted octanol–water partition coefficient (Wildman–Crippen LogP) is 2.60. The fraction of sp³-hybridized carbons (Fsp3) is 1.00. The number of nitrogens with zero attached hydrogens (tertiary/aromatic N) is 1. The zero-order valence-electron chi connectivity index (χ0n) is 13.5. The predicted molar refractivity (Wildman–Crippen MR) is 83.3 cm³/mol. The van der Waals surface area contributed by atoms with E-state index in [1.165, 1.54) is 12.5 Å². The van der Waals surface area contributed by atoms with Gasteiger partial charge in [0.05, 0.1) is 13.2 Å². The molecule has 0 aromatic carbocycles. The topological polar surface area (TPSA) is 30.9 Å². The summed E-state index contributed by atoms with van der Waals surface area (Å²) in [6, 6.07) is 1.21. The Balaban J connectivity index is 3.88. The number of ether oxygens (including phenoxy) is 2. The molecule has 0 bridgehead atoms. The molecule has 0 aliphatic carbocycles. The van der Waals surface area contributed by atoms with Crippen LogP contribution in [0.1, 0.15) is 20.3 Å². The molecule has 0 saturated carbocycles. The molecule has 0 atom stereocenters. The third-order valence-corrected chi connectivity index (χ3v) is 5.98. The molecule has 116 valence electrons. The molecule has 4 nitrogen and oxygen atoms in total. The molecule has 0 heterocycles. The van der Waals surface area contributed by atoms with Crippen molar-refractivity contribution in [2.45, 2.75) is 39.4 Å². The van der Waals surface area contributed by atoms with Crippen LogP contribution in [0.2, 0.25) is 19.1 Å². The maximum absolute atomic E-state index is 5.59. The van der Waals surface area contributed by atoms with Gasteiger partial charge in [-0.25, -0.2) is 0 Å². The van der Waals surface area contributed by atoms with Crippen LogP contribution in [0.15, 0.2) is 0 Å². The summed E-state index contributed by atoms with van der Waals surface area (Å²) in [7, 11) is 0.432. The molecule has 0 N–H and O–H groups in total. The number of hydrogen-bond donors (Lipinski definition) is 0. The van der Waals surface area contributed by atoms with E-state index in [9.17, 15) is 0 Å². The molecule has 0 spiro atoms. The van der Waals surface area contributed by atoms with E-state index in [4.69, 9.17) is 13.9 Å². The molecule has 0 aliphatic heterocycles. The maximum Gasteiger partial charge on any atom is 0.186 e. The molecular formula is C14H33NO3Si. The van der Waals surface area contributed by atoms with Crippen molar-refractivity contribution in [2.24, 2.45) is 0 Å². The Morgan fingerprint density at radius 3 is 1.84 bits per heavy atom. The molecule has 5 heteroatoms. The fourth-order valence-electron chi connectivity index (χ4n) is 1.84.